The second kappa shape index (κ2) is 3.19. The van der Waals surface area contributed by atoms with Crippen molar-refractivity contribution in [3.05, 3.63) is 28.1 Å². The lowest BCUT2D eigenvalue weighted by atomic mass is 10.2. The van der Waals surface area contributed by atoms with Crippen molar-refractivity contribution >= 4 is 21.6 Å². The van der Waals surface area contributed by atoms with E-state index < -0.39 is 11.7 Å². The van der Waals surface area contributed by atoms with Crippen LogP contribution in [-0.2, 0) is 6.18 Å². The van der Waals surface area contributed by atoms with E-state index in [-0.39, 0.29) is 5.65 Å². The Hall–Kier alpha value is -1.11. The van der Waals surface area contributed by atoms with Crippen molar-refractivity contribution in [3.63, 3.8) is 0 Å². The zero-order valence-corrected chi connectivity index (χ0v) is 9.09. The van der Waals surface area contributed by atoms with Gasteiger partial charge in [0, 0.05) is 10.7 Å². The summed E-state index contributed by atoms with van der Waals surface area (Å²) in [7, 11) is 0. The van der Waals surface area contributed by atoms with Gasteiger partial charge in [-0.1, -0.05) is 0 Å². The van der Waals surface area contributed by atoms with Crippen LogP contribution in [0.1, 0.15) is 11.4 Å². The lowest BCUT2D eigenvalue weighted by molar-refractivity contribution is -0.136. The second-order valence-corrected chi connectivity index (χ2v) is 3.93. The van der Waals surface area contributed by atoms with Gasteiger partial charge in [-0.25, -0.2) is 0 Å². The Morgan fingerprint density at radius 2 is 2.00 bits per heavy atom. The number of halogens is 4. The van der Waals surface area contributed by atoms with E-state index in [9.17, 15) is 13.2 Å². The molecule has 80 valence electrons. The summed E-state index contributed by atoms with van der Waals surface area (Å²) in [6.07, 6.45) is -2.93. The van der Waals surface area contributed by atoms with Crippen LogP contribution in [0.5, 0.6) is 0 Å². The van der Waals surface area contributed by atoms with E-state index in [2.05, 4.69) is 26.1 Å². The van der Waals surface area contributed by atoms with Crippen LogP contribution in [0, 0.1) is 6.92 Å². The minimum Gasteiger partial charge on any atom is -0.285 e. The molecule has 0 aromatic carbocycles. The third-order valence-corrected chi connectivity index (χ3v) is 2.38. The molecule has 2 heterocycles. The van der Waals surface area contributed by atoms with Gasteiger partial charge in [0.25, 0.3) is 0 Å². The summed E-state index contributed by atoms with van der Waals surface area (Å²) >= 11 is 3.02. The number of alkyl halides is 3. The molecule has 0 aliphatic rings. The Balaban J connectivity index is 2.84. The van der Waals surface area contributed by atoms with Crippen LogP contribution in [-0.4, -0.2) is 14.6 Å². The predicted molar refractivity (Wildman–Crippen MR) is 50.4 cm³/mol. The van der Waals surface area contributed by atoms with Crippen molar-refractivity contribution < 1.29 is 13.2 Å². The van der Waals surface area contributed by atoms with Crippen LogP contribution >= 0.6 is 15.9 Å². The molecule has 7 heteroatoms. The van der Waals surface area contributed by atoms with Gasteiger partial charge in [0.15, 0.2) is 5.65 Å². The van der Waals surface area contributed by atoms with Crippen LogP contribution in [0.25, 0.3) is 5.65 Å². The zero-order valence-electron chi connectivity index (χ0n) is 7.51. The molecule has 15 heavy (non-hydrogen) atoms. The van der Waals surface area contributed by atoms with E-state index in [1.807, 2.05) is 0 Å². The van der Waals surface area contributed by atoms with Crippen LogP contribution in [0.15, 0.2) is 16.7 Å². The highest BCUT2D eigenvalue weighted by atomic mass is 79.9. The number of aromatic nitrogens is 3. The van der Waals surface area contributed by atoms with E-state index in [0.29, 0.717) is 10.3 Å². The summed E-state index contributed by atoms with van der Waals surface area (Å²) in [6, 6.07) is 0.990. The lowest BCUT2D eigenvalue weighted by Crippen LogP contribution is -2.08. The Labute approximate surface area is 91.1 Å². The summed E-state index contributed by atoms with van der Waals surface area (Å²) in [6.45, 7) is 1.59. The normalized spacial score (nSPS) is 12.3. The number of pyridine rings is 1. The second-order valence-electron chi connectivity index (χ2n) is 3.01. The monoisotopic (exact) mass is 279 g/mol. The number of hydrogen-bond acceptors (Lipinski definition) is 2. The Kier molecular flexibility index (Phi) is 2.22. The van der Waals surface area contributed by atoms with Gasteiger partial charge < -0.3 is 0 Å². The standard InChI is InChI=1S/C8H5BrF3N3/c1-4-13-14-7-6(8(10,11)12)2-5(9)3-15(4)7/h2-3H,1H3. The van der Waals surface area contributed by atoms with Crippen molar-refractivity contribution in [3.8, 4) is 0 Å². The maximum atomic E-state index is 12.6. The van der Waals surface area contributed by atoms with E-state index in [0.717, 1.165) is 6.07 Å². The fourth-order valence-electron chi connectivity index (χ4n) is 1.28. The Bertz CT molecular complexity index is 518. The van der Waals surface area contributed by atoms with E-state index in [4.69, 9.17) is 0 Å². The summed E-state index contributed by atoms with van der Waals surface area (Å²) in [5, 5.41) is 7.10. The number of aryl methyl sites for hydroxylation is 1. The van der Waals surface area contributed by atoms with Gasteiger partial charge in [0.2, 0.25) is 0 Å². The molecule has 3 nitrogen and oxygen atoms in total. The highest BCUT2D eigenvalue weighted by Crippen LogP contribution is 2.33. The van der Waals surface area contributed by atoms with Crippen LogP contribution in [0.4, 0.5) is 13.2 Å². The van der Waals surface area contributed by atoms with Gasteiger partial charge in [-0.15, -0.1) is 10.2 Å². The highest BCUT2D eigenvalue weighted by molar-refractivity contribution is 9.10. The quantitative estimate of drug-likeness (QED) is 0.742. The molecule has 2 aromatic heterocycles. The Morgan fingerprint density at radius 3 is 2.60 bits per heavy atom. The summed E-state index contributed by atoms with van der Waals surface area (Å²) < 4.78 is 39.5. The van der Waals surface area contributed by atoms with Gasteiger partial charge in [-0.05, 0) is 28.9 Å². The van der Waals surface area contributed by atoms with Crippen molar-refractivity contribution in [1.29, 1.82) is 0 Å². The molecule has 0 spiro atoms. The van der Waals surface area contributed by atoms with Gasteiger partial charge in [0.05, 0.1) is 0 Å². The predicted octanol–water partition coefficient (Wildman–Crippen LogP) is 2.82. The molecule has 0 N–H and O–H groups in total. The topological polar surface area (TPSA) is 30.2 Å². The average Bonchev–Trinajstić information content (AvgIpc) is 2.45. The van der Waals surface area contributed by atoms with E-state index in [1.165, 1.54) is 10.6 Å². The van der Waals surface area contributed by atoms with Gasteiger partial charge in [-0.2, -0.15) is 13.2 Å². The van der Waals surface area contributed by atoms with E-state index >= 15 is 0 Å². The summed E-state index contributed by atoms with van der Waals surface area (Å²) in [5.74, 6) is 0.414. The third kappa shape index (κ3) is 1.71. The molecule has 0 unspecified atom stereocenters. The molecule has 0 fully saturated rings. The first kappa shape index (κ1) is 10.4. The van der Waals surface area contributed by atoms with Crippen LogP contribution in [0.2, 0.25) is 0 Å². The third-order valence-electron chi connectivity index (χ3n) is 1.95. The SMILES string of the molecule is Cc1nnc2c(C(F)(F)F)cc(Br)cn12. The molecule has 2 aromatic rings. The number of nitrogens with zero attached hydrogens (tertiary/aromatic N) is 3. The smallest absolute Gasteiger partial charge is 0.285 e. The molecule has 0 saturated carbocycles. The minimum absolute atomic E-state index is 0.178. The van der Waals surface area contributed by atoms with Crippen molar-refractivity contribution in [2.75, 3.05) is 0 Å². The number of fused-ring (bicyclic) bond motifs is 1. The molecule has 0 aliphatic carbocycles. The molecular weight excluding hydrogens is 275 g/mol. The fourth-order valence-corrected chi connectivity index (χ4v) is 1.71. The first-order chi connectivity index (χ1) is 6.89. The average molecular weight is 280 g/mol. The largest absolute Gasteiger partial charge is 0.420 e. The molecule has 0 amide bonds. The minimum atomic E-state index is -4.43. The molecule has 0 aliphatic heterocycles. The maximum absolute atomic E-state index is 12.6. The van der Waals surface area contributed by atoms with E-state index in [1.54, 1.807) is 6.92 Å². The molecule has 2 rings (SSSR count). The molecule has 0 saturated heterocycles. The van der Waals surface area contributed by atoms with Crippen molar-refractivity contribution in [2.45, 2.75) is 13.1 Å². The summed E-state index contributed by atoms with van der Waals surface area (Å²) in [5.41, 5.74) is -0.972. The number of rotatable bonds is 0. The van der Waals surface area contributed by atoms with Gasteiger partial charge >= 0.3 is 6.18 Å². The summed E-state index contributed by atoms with van der Waals surface area (Å²) in [4.78, 5) is 0. The van der Waals surface area contributed by atoms with Gasteiger partial charge in [-0.3, -0.25) is 4.40 Å². The first-order valence-corrected chi connectivity index (χ1v) is 4.77. The van der Waals surface area contributed by atoms with Crippen LogP contribution < -0.4 is 0 Å². The molecule has 0 atom stereocenters. The van der Waals surface area contributed by atoms with Crippen LogP contribution in [0.3, 0.4) is 0 Å². The molecule has 0 bridgehead atoms. The van der Waals surface area contributed by atoms with Gasteiger partial charge in [0.1, 0.15) is 11.4 Å². The maximum Gasteiger partial charge on any atom is 0.420 e. The first-order valence-electron chi connectivity index (χ1n) is 3.97. The number of hydrogen-bond donors (Lipinski definition) is 0. The van der Waals surface area contributed by atoms with Crippen molar-refractivity contribution in [2.24, 2.45) is 0 Å². The fraction of sp³-hybridized carbons (Fsp3) is 0.250. The molecular formula is C8H5BrF3N3. The zero-order chi connectivity index (χ0) is 11.2. The highest BCUT2D eigenvalue weighted by Gasteiger charge is 2.34. The lowest BCUT2D eigenvalue weighted by Gasteiger charge is -2.08. The molecule has 0 radical (unpaired) electrons. The Morgan fingerprint density at radius 1 is 1.33 bits per heavy atom. The van der Waals surface area contributed by atoms with Crippen molar-refractivity contribution in [1.82, 2.24) is 14.6 Å².